The monoisotopic (exact) mass is 346 g/mol. The first-order valence-electron chi connectivity index (χ1n) is 6.53. The average molecular weight is 347 g/mol. The maximum absolute atomic E-state index is 12.2. The van der Waals surface area contributed by atoms with Crippen LogP contribution in [0.1, 0.15) is 24.3 Å². The Labute approximate surface area is 123 Å². The Balaban J connectivity index is 2.00. The number of hydrogen-bond donors (Lipinski definition) is 0. The molecule has 1 aliphatic rings. The highest BCUT2D eigenvalue weighted by Gasteiger charge is 2.26. The second kappa shape index (κ2) is 6.86. The van der Waals surface area contributed by atoms with Crippen molar-refractivity contribution in [2.75, 3.05) is 23.4 Å². The SMILES string of the molecule is O=S(=O)(CC1CCCO1)CC(CBr)c1ccccc1. The topological polar surface area (TPSA) is 43.4 Å². The minimum absolute atomic E-state index is 0.00704. The molecule has 0 N–H and O–H groups in total. The van der Waals surface area contributed by atoms with Gasteiger partial charge in [0.1, 0.15) is 0 Å². The van der Waals surface area contributed by atoms with Crippen molar-refractivity contribution in [2.45, 2.75) is 24.9 Å². The second-order valence-electron chi connectivity index (χ2n) is 4.97. The van der Waals surface area contributed by atoms with E-state index in [-0.39, 0.29) is 23.5 Å². The zero-order valence-corrected chi connectivity index (χ0v) is 13.2. The quantitative estimate of drug-likeness (QED) is 0.744. The van der Waals surface area contributed by atoms with E-state index >= 15 is 0 Å². The normalized spacial score (nSPS) is 21.4. The van der Waals surface area contributed by atoms with Crippen molar-refractivity contribution in [1.82, 2.24) is 0 Å². The van der Waals surface area contributed by atoms with Gasteiger partial charge in [0, 0.05) is 17.9 Å². The summed E-state index contributed by atoms with van der Waals surface area (Å²) < 4.78 is 29.9. The van der Waals surface area contributed by atoms with Crippen LogP contribution in [0.25, 0.3) is 0 Å². The predicted octanol–water partition coefficient (Wildman–Crippen LogP) is 2.76. The molecule has 0 aliphatic carbocycles. The van der Waals surface area contributed by atoms with E-state index in [1.165, 1.54) is 0 Å². The molecular weight excluding hydrogens is 328 g/mol. The zero-order chi connectivity index (χ0) is 13.7. The molecule has 0 amide bonds. The number of halogens is 1. The molecule has 1 aromatic rings. The summed E-state index contributed by atoms with van der Waals surface area (Å²) >= 11 is 3.42. The number of rotatable bonds is 6. The van der Waals surface area contributed by atoms with Crippen LogP contribution in [0.4, 0.5) is 0 Å². The summed E-state index contributed by atoms with van der Waals surface area (Å²) in [5.74, 6) is 0.346. The molecule has 1 heterocycles. The van der Waals surface area contributed by atoms with Crippen LogP contribution in [0.15, 0.2) is 30.3 Å². The van der Waals surface area contributed by atoms with Crippen molar-refractivity contribution in [3.8, 4) is 0 Å². The first-order chi connectivity index (χ1) is 9.11. The van der Waals surface area contributed by atoms with Crippen molar-refractivity contribution < 1.29 is 13.2 Å². The molecule has 2 atom stereocenters. The number of alkyl halides is 1. The third-order valence-corrected chi connectivity index (χ3v) is 5.95. The Morgan fingerprint density at radius 2 is 2.05 bits per heavy atom. The summed E-state index contributed by atoms with van der Waals surface area (Å²) in [6.07, 6.45) is 1.74. The van der Waals surface area contributed by atoms with Crippen LogP contribution in [0.5, 0.6) is 0 Å². The lowest BCUT2D eigenvalue weighted by Crippen LogP contribution is -2.25. The van der Waals surface area contributed by atoms with Crippen LogP contribution in [0, 0.1) is 0 Å². The van der Waals surface area contributed by atoms with Crippen molar-refractivity contribution >= 4 is 25.8 Å². The van der Waals surface area contributed by atoms with Crippen molar-refractivity contribution in [3.05, 3.63) is 35.9 Å². The van der Waals surface area contributed by atoms with Gasteiger partial charge >= 0.3 is 0 Å². The van der Waals surface area contributed by atoms with Gasteiger partial charge in [0.15, 0.2) is 9.84 Å². The van der Waals surface area contributed by atoms with E-state index in [1.54, 1.807) is 0 Å². The fourth-order valence-corrected chi connectivity index (χ4v) is 5.18. The van der Waals surface area contributed by atoms with Crippen molar-refractivity contribution in [2.24, 2.45) is 0 Å². The Hall–Kier alpha value is -0.390. The van der Waals surface area contributed by atoms with Crippen molar-refractivity contribution in [3.63, 3.8) is 0 Å². The van der Waals surface area contributed by atoms with Crippen LogP contribution >= 0.6 is 15.9 Å². The first-order valence-corrected chi connectivity index (χ1v) is 9.48. The summed E-state index contributed by atoms with van der Waals surface area (Å²) in [7, 11) is -3.08. The molecule has 1 saturated heterocycles. The maximum atomic E-state index is 12.2. The molecule has 2 unspecified atom stereocenters. The average Bonchev–Trinajstić information content (AvgIpc) is 2.89. The van der Waals surface area contributed by atoms with Crippen LogP contribution in [-0.4, -0.2) is 38.0 Å². The summed E-state index contributed by atoms with van der Waals surface area (Å²) in [6.45, 7) is 0.695. The summed E-state index contributed by atoms with van der Waals surface area (Å²) in [5, 5.41) is 0.655. The molecule has 0 bridgehead atoms. The molecule has 1 fully saturated rings. The lowest BCUT2D eigenvalue weighted by Gasteiger charge is -2.16. The highest BCUT2D eigenvalue weighted by Crippen LogP contribution is 2.22. The van der Waals surface area contributed by atoms with Gasteiger partial charge in [-0.2, -0.15) is 0 Å². The van der Waals surface area contributed by atoms with Gasteiger partial charge in [-0.15, -0.1) is 0 Å². The third kappa shape index (κ3) is 4.58. The highest BCUT2D eigenvalue weighted by molar-refractivity contribution is 9.09. The van der Waals surface area contributed by atoms with Gasteiger partial charge in [-0.05, 0) is 18.4 Å². The molecule has 19 heavy (non-hydrogen) atoms. The Morgan fingerprint density at radius 3 is 2.63 bits per heavy atom. The molecule has 1 aromatic carbocycles. The zero-order valence-electron chi connectivity index (χ0n) is 10.8. The van der Waals surface area contributed by atoms with E-state index in [0.29, 0.717) is 11.9 Å². The van der Waals surface area contributed by atoms with Gasteiger partial charge < -0.3 is 4.74 Å². The molecule has 0 radical (unpaired) electrons. The van der Waals surface area contributed by atoms with Crippen LogP contribution in [0.3, 0.4) is 0 Å². The van der Waals surface area contributed by atoms with E-state index < -0.39 is 9.84 Å². The van der Waals surface area contributed by atoms with Gasteiger partial charge in [-0.25, -0.2) is 8.42 Å². The molecule has 3 nitrogen and oxygen atoms in total. The molecule has 2 rings (SSSR count). The lowest BCUT2D eigenvalue weighted by molar-refractivity contribution is 0.127. The molecule has 106 valence electrons. The minimum atomic E-state index is -3.08. The largest absolute Gasteiger partial charge is 0.377 e. The molecule has 0 spiro atoms. The highest BCUT2D eigenvalue weighted by atomic mass is 79.9. The fourth-order valence-electron chi connectivity index (χ4n) is 2.39. The molecular formula is C14H19BrO3S. The molecule has 0 saturated carbocycles. The van der Waals surface area contributed by atoms with Crippen molar-refractivity contribution in [1.29, 1.82) is 0 Å². The van der Waals surface area contributed by atoms with Gasteiger partial charge in [0.05, 0.1) is 17.6 Å². The van der Waals surface area contributed by atoms with Gasteiger partial charge in [0.2, 0.25) is 0 Å². The lowest BCUT2D eigenvalue weighted by atomic mass is 10.0. The minimum Gasteiger partial charge on any atom is -0.377 e. The third-order valence-electron chi connectivity index (χ3n) is 3.38. The molecule has 1 aliphatic heterocycles. The summed E-state index contributed by atoms with van der Waals surface area (Å²) in [6, 6.07) is 9.78. The van der Waals surface area contributed by atoms with E-state index in [4.69, 9.17) is 4.74 Å². The van der Waals surface area contributed by atoms with E-state index in [0.717, 1.165) is 18.4 Å². The van der Waals surface area contributed by atoms with Crippen LogP contribution in [-0.2, 0) is 14.6 Å². The Bertz CT molecular complexity index is 481. The Kier molecular flexibility index (Phi) is 5.42. The first kappa shape index (κ1) is 15.0. The standard InChI is InChI=1S/C14H19BrO3S/c15-9-13(12-5-2-1-3-6-12)10-19(16,17)11-14-7-4-8-18-14/h1-3,5-6,13-14H,4,7-11H2. The number of ether oxygens (including phenoxy) is 1. The van der Waals surface area contributed by atoms with Crippen LogP contribution in [0.2, 0.25) is 0 Å². The number of benzene rings is 1. The van der Waals surface area contributed by atoms with Gasteiger partial charge in [-0.1, -0.05) is 46.3 Å². The Morgan fingerprint density at radius 1 is 1.32 bits per heavy atom. The predicted molar refractivity (Wildman–Crippen MR) is 80.6 cm³/mol. The fraction of sp³-hybridized carbons (Fsp3) is 0.571. The summed E-state index contributed by atoms with van der Waals surface area (Å²) in [4.78, 5) is 0. The van der Waals surface area contributed by atoms with Crippen LogP contribution < -0.4 is 0 Å². The maximum Gasteiger partial charge on any atom is 0.153 e. The molecule has 5 heteroatoms. The van der Waals surface area contributed by atoms with E-state index in [1.807, 2.05) is 30.3 Å². The number of hydrogen-bond acceptors (Lipinski definition) is 3. The van der Waals surface area contributed by atoms with E-state index in [9.17, 15) is 8.42 Å². The van der Waals surface area contributed by atoms with Gasteiger partial charge in [-0.3, -0.25) is 0 Å². The second-order valence-corrected chi connectivity index (χ2v) is 7.78. The van der Waals surface area contributed by atoms with Gasteiger partial charge in [0.25, 0.3) is 0 Å². The smallest absolute Gasteiger partial charge is 0.153 e. The van der Waals surface area contributed by atoms with E-state index in [2.05, 4.69) is 15.9 Å². The summed E-state index contributed by atoms with van der Waals surface area (Å²) in [5.41, 5.74) is 1.07. The number of sulfone groups is 1. The molecule has 0 aromatic heterocycles.